The van der Waals surface area contributed by atoms with E-state index in [4.69, 9.17) is 10.00 Å². The lowest BCUT2D eigenvalue weighted by atomic mass is 10.1. The molecule has 1 aromatic rings. The molecule has 0 aliphatic carbocycles. The fraction of sp³-hybridized carbons (Fsp3) is 0.400. The molecule has 3 N–H and O–H groups in total. The average molecular weight is 350 g/mol. The Hall–Kier alpha value is -3.35. The lowest BCUT2D eigenvalue weighted by molar-refractivity contribution is -0.384. The van der Waals surface area contributed by atoms with Crippen molar-refractivity contribution in [2.75, 3.05) is 11.9 Å². The highest BCUT2D eigenvalue weighted by molar-refractivity contribution is 5.81. The van der Waals surface area contributed by atoms with Crippen molar-refractivity contribution in [3.05, 3.63) is 33.9 Å². The Labute approximate surface area is 143 Å². The van der Waals surface area contributed by atoms with E-state index in [9.17, 15) is 24.8 Å². The minimum absolute atomic E-state index is 0.0266. The third kappa shape index (κ3) is 6.34. The number of carboxylic acid groups (broad SMARTS) is 1. The molecule has 0 radical (unpaired) electrons. The van der Waals surface area contributed by atoms with Crippen molar-refractivity contribution in [2.45, 2.75) is 32.4 Å². The van der Waals surface area contributed by atoms with Gasteiger partial charge >= 0.3 is 12.1 Å². The van der Waals surface area contributed by atoms with E-state index in [1.165, 1.54) is 12.1 Å². The monoisotopic (exact) mass is 350 g/mol. The van der Waals surface area contributed by atoms with Crippen LogP contribution in [0, 0.1) is 21.4 Å². The molecule has 0 spiro atoms. The predicted molar refractivity (Wildman–Crippen MR) is 87.1 cm³/mol. The maximum absolute atomic E-state index is 11.7. The lowest BCUT2D eigenvalue weighted by Gasteiger charge is -2.22. The summed E-state index contributed by atoms with van der Waals surface area (Å²) in [4.78, 5) is 33.3. The third-order valence-electron chi connectivity index (χ3n) is 2.81. The number of nitrogens with zero attached hydrogens (tertiary/aromatic N) is 2. The topological polar surface area (TPSA) is 155 Å². The van der Waals surface area contributed by atoms with Crippen LogP contribution in [0.1, 0.15) is 26.3 Å². The predicted octanol–water partition coefficient (Wildman–Crippen LogP) is 1.86. The third-order valence-corrected chi connectivity index (χ3v) is 2.81. The normalized spacial score (nSPS) is 11.8. The summed E-state index contributed by atoms with van der Waals surface area (Å²) < 4.78 is 4.98. The van der Waals surface area contributed by atoms with Gasteiger partial charge in [0.2, 0.25) is 0 Å². The molecule has 0 heterocycles. The van der Waals surface area contributed by atoms with E-state index < -0.39 is 28.6 Å². The number of hydrogen-bond acceptors (Lipinski definition) is 7. The highest BCUT2D eigenvalue weighted by Crippen LogP contribution is 2.25. The summed E-state index contributed by atoms with van der Waals surface area (Å²) in [5.74, 6) is -1.35. The molecule has 1 atom stereocenters. The molecule has 1 amide bonds. The van der Waals surface area contributed by atoms with Crippen LogP contribution in [0.25, 0.3) is 0 Å². The zero-order chi connectivity index (χ0) is 19.2. The van der Waals surface area contributed by atoms with Gasteiger partial charge in [-0.2, -0.15) is 5.26 Å². The fourth-order valence-corrected chi connectivity index (χ4v) is 1.77. The quantitative estimate of drug-likeness (QED) is 0.518. The number of carbonyl (C=O) groups is 2. The smallest absolute Gasteiger partial charge is 0.408 e. The first kappa shape index (κ1) is 19.7. The summed E-state index contributed by atoms with van der Waals surface area (Å²) in [7, 11) is 0. The highest BCUT2D eigenvalue weighted by Gasteiger charge is 2.25. The molecule has 0 saturated heterocycles. The molecule has 10 heteroatoms. The van der Waals surface area contributed by atoms with E-state index in [-0.39, 0.29) is 23.5 Å². The van der Waals surface area contributed by atoms with Gasteiger partial charge in [-0.1, -0.05) is 0 Å². The van der Waals surface area contributed by atoms with Gasteiger partial charge < -0.3 is 20.5 Å². The Bertz CT molecular complexity index is 720. The number of alkyl carbamates (subject to hydrolysis) is 1. The lowest BCUT2D eigenvalue weighted by Crippen LogP contribution is -2.47. The number of hydrogen-bond donors (Lipinski definition) is 3. The molecule has 0 bridgehead atoms. The van der Waals surface area contributed by atoms with Crippen LogP contribution in [-0.4, -0.2) is 40.3 Å². The molecule has 1 aromatic carbocycles. The Morgan fingerprint density at radius 3 is 2.56 bits per heavy atom. The molecule has 0 aromatic heterocycles. The number of amides is 1. The van der Waals surface area contributed by atoms with Gasteiger partial charge in [-0.25, -0.2) is 9.59 Å². The van der Waals surface area contributed by atoms with Crippen LogP contribution in [0.15, 0.2) is 18.2 Å². The first-order chi connectivity index (χ1) is 11.5. The number of anilines is 1. The van der Waals surface area contributed by atoms with Gasteiger partial charge in [-0.15, -0.1) is 0 Å². The van der Waals surface area contributed by atoms with E-state index in [1.54, 1.807) is 20.8 Å². The number of carbonyl (C=O) groups excluding carboxylic acids is 1. The second kappa shape index (κ2) is 7.96. The van der Waals surface area contributed by atoms with Crippen molar-refractivity contribution in [1.29, 1.82) is 5.26 Å². The molecule has 10 nitrogen and oxygen atoms in total. The molecular weight excluding hydrogens is 332 g/mol. The first-order valence-corrected chi connectivity index (χ1v) is 7.18. The van der Waals surface area contributed by atoms with Crippen LogP contribution >= 0.6 is 0 Å². The summed E-state index contributed by atoms with van der Waals surface area (Å²) in [6.07, 6.45) is -0.929. The van der Waals surface area contributed by atoms with Crippen LogP contribution in [0.2, 0.25) is 0 Å². The molecule has 1 rings (SSSR count). The molecule has 1 unspecified atom stereocenters. The van der Waals surface area contributed by atoms with Gasteiger partial charge in [0.05, 0.1) is 16.6 Å². The van der Waals surface area contributed by atoms with E-state index in [2.05, 4.69) is 10.6 Å². The molecule has 0 aliphatic rings. The summed E-state index contributed by atoms with van der Waals surface area (Å²) in [6.45, 7) is 4.52. The molecule has 0 aliphatic heterocycles. The number of nitriles is 1. The van der Waals surface area contributed by atoms with Crippen LogP contribution in [-0.2, 0) is 9.53 Å². The SMILES string of the molecule is CC(C)(C)OC(=O)NC(CNc1cc(C#N)ccc1[N+](=O)[O-])C(=O)O. The summed E-state index contributed by atoms with van der Waals surface area (Å²) in [5, 5.41) is 33.8. The highest BCUT2D eigenvalue weighted by atomic mass is 16.6. The Kier molecular flexibility index (Phi) is 6.27. The number of aliphatic carboxylic acids is 1. The maximum atomic E-state index is 11.7. The van der Waals surface area contributed by atoms with Gasteiger partial charge in [0.25, 0.3) is 5.69 Å². The van der Waals surface area contributed by atoms with Crippen molar-refractivity contribution in [3.63, 3.8) is 0 Å². The molecule has 134 valence electrons. The van der Waals surface area contributed by atoms with E-state index in [1.807, 2.05) is 6.07 Å². The zero-order valence-electron chi connectivity index (χ0n) is 13.9. The number of nitrogens with one attached hydrogen (secondary N) is 2. The van der Waals surface area contributed by atoms with Crippen molar-refractivity contribution >= 4 is 23.4 Å². The first-order valence-electron chi connectivity index (χ1n) is 7.18. The zero-order valence-corrected chi connectivity index (χ0v) is 13.9. The van der Waals surface area contributed by atoms with Gasteiger partial charge in [0.15, 0.2) is 0 Å². The van der Waals surface area contributed by atoms with Gasteiger partial charge in [-0.3, -0.25) is 10.1 Å². The minimum Gasteiger partial charge on any atom is -0.480 e. The second-order valence-electron chi connectivity index (χ2n) is 6.02. The van der Waals surface area contributed by atoms with Crippen LogP contribution < -0.4 is 10.6 Å². The Balaban J connectivity index is 2.88. The van der Waals surface area contributed by atoms with Crippen molar-refractivity contribution in [2.24, 2.45) is 0 Å². The molecule has 0 fully saturated rings. The van der Waals surface area contributed by atoms with Crippen molar-refractivity contribution in [1.82, 2.24) is 5.32 Å². The number of rotatable bonds is 6. The Morgan fingerprint density at radius 1 is 1.44 bits per heavy atom. The summed E-state index contributed by atoms with van der Waals surface area (Å²) in [6, 6.07) is 4.08. The standard InChI is InChI=1S/C15H18N4O6/c1-15(2,3)25-14(22)18-11(13(20)21)8-17-10-6-9(7-16)4-5-12(10)19(23)24/h4-6,11,17H,8H2,1-3H3,(H,18,22)(H,20,21). The van der Waals surface area contributed by atoms with Crippen molar-refractivity contribution < 1.29 is 24.4 Å². The fourth-order valence-electron chi connectivity index (χ4n) is 1.77. The van der Waals surface area contributed by atoms with Gasteiger partial charge in [-0.05, 0) is 32.9 Å². The summed E-state index contributed by atoms with van der Waals surface area (Å²) in [5.41, 5.74) is -0.984. The van der Waals surface area contributed by atoms with Crippen molar-refractivity contribution in [3.8, 4) is 6.07 Å². The van der Waals surface area contributed by atoms with Gasteiger partial charge in [0, 0.05) is 12.6 Å². The van der Waals surface area contributed by atoms with Crippen LogP contribution in [0.3, 0.4) is 0 Å². The number of benzene rings is 1. The second-order valence-corrected chi connectivity index (χ2v) is 6.02. The Morgan fingerprint density at radius 2 is 2.08 bits per heavy atom. The molecular formula is C15H18N4O6. The largest absolute Gasteiger partial charge is 0.480 e. The summed E-state index contributed by atoms with van der Waals surface area (Å²) >= 11 is 0. The number of ether oxygens (including phenoxy) is 1. The number of carboxylic acids is 1. The van der Waals surface area contributed by atoms with E-state index >= 15 is 0 Å². The number of nitro groups is 1. The molecule has 25 heavy (non-hydrogen) atoms. The van der Waals surface area contributed by atoms with Crippen LogP contribution in [0.4, 0.5) is 16.2 Å². The maximum Gasteiger partial charge on any atom is 0.408 e. The number of nitro benzene ring substituents is 1. The average Bonchev–Trinajstić information content (AvgIpc) is 2.48. The van der Waals surface area contributed by atoms with Gasteiger partial charge in [0.1, 0.15) is 17.3 Å². The minimum atomic E-state index is -1.39. The van der Waals surface area contributed by atoms with Crippen LogP contribution in [0.5, 0.6) is 0 Å². The van der Waals surface area contributed by atoms with E-state index in [0.717, 1.165) is 6.07 Å². The molecule has 0 saturated carbocycles. The van der Waals surface area contributed by atoms with E-state index in [0.29, 0.717) is 0 Å².